The first kappa shape index (κ1) is 29.3. The second-order valence-corrected chi connectivity index (χ2v) is 11.4. The van der Waals surface area contributed by atoms with Crippen molar-refractivity contribution in [2.75, 3.05) is 23.3 Å². The molecule has 8 nitrogen and oxygen atoms in total. The molecule has 1 aliphatic heterocycles. The third-order valence-corrected chi connectivity index (χ3v) is 8.80. The Hall–Kier alpha value is -4.20. The van der Waals surface area contributed by atoms with Crippen LogP contribution in [0.25, 0.3) is 5.57 Å². The summed E-state index contributed by atoms with van der Waals surface area (Å²) in [6.07, 6.45) is 6.06. The van der Waals surface area contributed by atoms with Gasteiger partial charge in [-0.2, -0.15) is 5.10 Å². The number of nitrogens with one attached hydrogen (secondary N) is 1. The molecule has 0 bridgehead atoms. The van der Waals surface area contributed by atoms with Crippen LogP contribution in [0.2, 0.25) is 0 Å². The predicted octanol–water partition coefficient (Wildman–Crippen LogP) is 6.57. The van der Waals surface area contributed by atoms with E-state index in [1.807, 2.05) is 49.4 Å². The van der Waals surface area contributed by atoms with Gasteiger partial charge in [0.15, 0.2) is 0 Å². The molecule has 1 unspecified atom stereocenters. The van der Waals surface area contributed by atoms with Crippen LogP contribution >= 0.6 is 0 Å². The number of benzene rings is 2. The van der Waals surface area contributed by atoms with Gasteiger partial charge in [-0.25, -0.2) is 5.01 Å². The van der Waals surface area contributed by atoms with Crippen molar-refractivity contribution in [1.29, 1.82) is 0 Å². The van der Waals surface area contributed by atoms with Gasteiger partial charge in [-0.3, -0.25) is 14.4 Å². The number of ketones is 1. The first-order chi connectivity index (χ1) is 20.2. The first-order valence-electron chi connectivity index (χ1n) is 15.1. The molecule has 0 radical (unpaired) electrons. The summed E-state index contributed by atoms with van der Waals surface area (Å²) in [5.74, 6) is -0.620. The number of amides is 2. The zero-order valence-corrected chi connectivity index (χ0v) is 24.9. The number of carbonyl (C=O) groups is 3. The van der Waals surface area contributed by atoms with Gasteiger partial charge in [0.1, 0.15) is 5.76 Å². The van der Waals surface area contributed by atoms with Gasteiger partial charge >= 0.3 is 0 Å². The summed E-state index contributed by atoms with van der Waals surface area (Å²) in [6, 6.07) is 14.7. The lowest BCUT2D eigenvalue weighted by Crippen LogP contribution is -2.31. The minimum atomic E-state index is -0.434. The van der Waals surface area contributed by atoms with E-state index < -0.39 is 11.7 Å². The van der Waals surface area contributed by atoms with Crippen LogP contribution in [-0.4, -0.2) is 46.5 Å². The van der Waals surface area contributed by atoms with Crippen LogP contribution in [0.4, 0.5) is 11.4 Å². The van der Waals surface area contributed by atoms with Crippen molar-refractivity contribution in [3.8, 4) is 0 Å². The van der Waals surface area contributed by atoms with Crippen molar-refractivity contribution < 1.29 is 19.5 Å². The summed E-state index contributed by atoms with van der Waals surface area (Å²) < 4.78 is 0. The molecule has 0 saturated heterocycles. The number of anilines is 2. The molecule has 0 aromatic heterocycles. The highest BCUT2D eigenvalue weighted by Crippen LogP contribution is 2.43. The second-order valence-electron chi connectivity index (χ2n) is 11.4. The largest absolute Gasteiger partial charge is 0.506 e. The molecule has 8 heteroatoms. The standard InChI is InChI=1S/C34H40N4O4/c1-5-37(6-2)25-17-18-26(27(20-25)35-28(39)19-16-23-12-10-11-13-23)30-32(40)31(33(30)41)29-21(3)36-38(34(29)42)22(4)24-14-8-7-9-15-24/h7-9,14-15,17-18,20,22-23,40H,5-6,10-13,16,19H2,1-4H3,(H,35,39). The van der Waals surface area contributed by atoms with E-state index in [0.29, 0.717) is 29.3 Å². The van der Waals surface area contributed by atoms with E-state index in [1.54, 1.807) is 13.0 Å². The smallest absolute Gasteiger partial charge is 0.277 e. The fraction of sp³-hybridized carbons (Fsp3) is 0.412. The second kappa shape index (κ2) is 12.3. The van der Waals surface area contributed by atoms with E-state index in [1.165, 1.54) is 30.7 Å². The quantitative estimate of drug-likeness (QED) is 0.316. The lowest BCUT2D eigenvalue weighted by Gasteiger charge is -2.27. The molecule has 2 N–H and O–H groups in total. The Morgan fingerprint density at radius 2 is 1.74 bits per heavy atom. The zero-order chi connectivity index (χ0) is 30.0. The Balaban J connectivity index is 1.46. The van der Waals surface area contributed by atoms with Crippen LogP contribution in [0.5, 0.6) is 0 Å². The molecule has 2 aromatic rings. The number of aliphatic hydroxyl groups excluding tert-OH is 1. The summed E-state index contributed by atoms with van der Waals surface area (Å²) in [7, 11) is 0. The van der Waals surface area contributed by atoms with Gasteiger partial charge in [0.2, 0.25) is 11.7 Å². The van der Waals surface area contributed by atoms with Crippen molar-refractivity contribution in [3.63, 3.8) is 0 Å². The number of hydrogen-bond donors (Lipinski definition) is 2. The van der Waals surface area contributed by atoms with E-state index in [0.717, 1.165) is 30.8 Å². The maximum atomic E-state index is 13.6. The Labute approximate surface area is 247 Å². The number of aliphatic hydroxyl groups is 1. The molecule has 1 fully saturated rings. The van der Waals surface area contributed by atoms with E-state index in [4.69, 9.17) is 0 Å². The number of allylic oxidation sites excluding steroid dienone is 2. The molecule has 1 saturated carbocycles. The SMILES string of the molecule is CCN(CC)c1ccc(C2=C(O)C(=C3C(=O)N(C(C)c4ccccc4)N=C3C)C2=O)c(NC(=O)CCC2CCCC2)c1. The van der Waals surface area contributed by atoms with Crippen LogP contribution in [0.1, 0.15) is 83.4 Å². The Kier molecular flexibility index (Phi) is 8.61. The number of rotatable bonds is 10. The number of hydrogen-bond acceptors (Lipinski definition) is 6. The van der Waals surface area contributed by atoms with E-state index in [-0.39, 0.29) is 34.4 Å². The Morgan fingerprint density at radius 3 is 2.38 bits per heavy atom. The van der Waals surface area contributed by atoms with Crippen molar-refractivity contribution in [2.45, 2.75) is 72.3 Å². The van der Waals surface area contributed by atoms with E-state index in [2.05, 4.69) is 29.2 Å². The van der Waals surface area contributed by atoms with Crippen molar-refractivity contribution >= 4 is 40.3 Å². The lowest BCUT2D eigenvalue weighted by atomic mass is 9.79. The van der Waals surface area contributed by atoms with Crippen molar-refractivity contribution in [1.82, 2.24) is 5.01 Å². The van der Waals surface area contributed by atoms with Gasteiger partial charge in [0, 0.05) is 30.8 Å². The van der Waals surface area contributed by atoms with Crippen molar-refractivity contribution in [3.05, 3.63) is 76.6 Å². The fourth-order valence-electron chi connectivity index (χ4n) is 6.32. The van der Waals surface area contributed by atoms with Crippen LogP contribution in [0.3, 0.4) is 0 Å². The minimum Gasteiger partial charge on any atom is -0.506 e. The molecule has 3 aliphatic rings. The molecular formula is C34H40N4O4. The van der Waals surface area contributed by atoms with Crippen LogP contribution in [-0.2, 0) is 14.4 Å². The molecular weight excluding hydrogens is 528 g/mol. The topological polar surface area (TPSA) is 102 Å². The van der Waals surface area contributed by atoms with Gasteiger partial charge in [-0.1, -0.05) is 56.0 Å². The normalized spacial score (nSPS) is 19.7. The summed E-state index contributed by atoms with van der Waals surface area (Å²) >= 11 is 0. The third-order valence-electron chi connectivity index (χ3n) is 8.80. The highest BCUT2D eigenvalue weighted by molar-refractivity contribution is 6.44. The molecule has 2 aromatic carbocycles. The summed E-state index contributed by atoms with van der Waals surface area (Å²) in [5, 5.41) is 20.1. The lowest BCUT2D eigenvalue weighted by molar-refractivity contribution is -0.128. The summed E-state index contributed by atoms with van der Waals surface area (Å²) in [5.41, 5.74) is 3.34. The first-order valence-corrected chi connectivity index (χ1v) is 15.1. The number of Topliss-reactive ketones (excluding diaryl/α,β-unsaturated/α-hetero) is 1. The fourth-order valence-corrected chi connectivity index (χ4v) is 6.32. The van der Waals surface area contributed by atoms with Crippen molar-refractivity contribution in [2.24, 2.45) is 11.0 Å². The van der Waals surface area contributed by atoms with E-state index in [9.17, 15) is 19.5 Å². The Morgan fingerprint density at radius 1 is 1.05 bits per heavy atom. The van der Waals surface area contributed by atoms with Gasteiger partial charge in [0.05, 0.1) is 34.2 Å². The molecule has 220 valence electrons. The Bertz CT molecular complexity index is 1480. The highest BCUT2D eigenvalue weighted by atomic mass is 16.3. The number of carbonyl (C=O) groups excluding carboxylic acids is 3. The molecule has 2 amide bonds. The number of hydrazone groups is 1. The number of nitrogens with zero attached hydrogens (tertiary/aromatic N) is 3. The van der Waals surface area contributed by atoms with Crippen LogP contribution in [0.15, 0.2) is 70.5 Å². The molecule has 5 rings (SSSR count). The van der Waals surface area contributed by atoms with E-state index >= 15 is 0 Å². The third kappa shape index (κ3) is 5.50. The van der Waals surface area contributed by atoms with Crippen LogP contribution < -0.4 is 10.2 Å². The summed E-state index contributed by atoms with van der Waals surface area (Å²) in [6.45, 7) is 9.24. The van der Waals surface area contributed by atoms with Crippen LogP contribution in [0, 0.1) is 5.92 Å². The van der Waals surface area contributed by atoms with Gasteiger partial charge in [0.25, 0.3) is 5.91 Å². The van der Waals surface area contributed by atoms with Gasteiger partial charge < -0.3 is 15.3 Å². The minimum absolute atomic E-state index is 0.0228. The predicted molar refractivity (Wildman–Crippen MR) is 166 cm³/mol. The summed E-state index contributed by atoms with van der Waals surface area (Å²) in [4.78, 5) is 42.3. The molecule has 0 spiro atoms. The molecule has 1 heterocycles. The molecule has 1 atom stereocenters. The average molecular weight is 569 g/mol. The monoisotopic (exact) mass is 568 g/mol. The maximum absolute atomic E-state index is 13.6. The highest BCUT2D eigenvalue weighted by Gasteiger charge is 2.44. The average Bonchev–Trinajstić information content (AvgIpc) is 3.62. The van der Waals surface area contributed by atoms with Gasteiger partial charge in [-0.05, 0) is 63.8 Å². The zero-order valence-electron chi connectivity index (χ0n) is 24.9. The molecule has 2 aliphatic carbocycles. The maximum Gasteiger partial charge on any atom is 0.277 e. The molecule has 42 heavy (non-hydrogen) atoms. The van der Waals surface area contributed by atoms with Gasteiger partial charge in [-0.15, -0.1) is 0 Å².